The summed E-state index contributed by atoms with van der Waals surface area (Å²) in [6.07, 6.45) is 0. The molecule has 0 unspecified atom stereocenters. The fraction of sp³-hybridized carbons (Fsp3) is 0.625. The molecule has 0 aliphatic carbocycles. The van der Waals surface area contributed by atoms with E-state index >= 15 is 0 Å². The van der Waals surface area contributed by atoms with Crippen molar-refractivity contribution in [3.05, 3.63) is 29.3 Å². The van der Waals surface area contributed by atoms with Crippen LogP contribution in [0.15, 0.2) is 12.1 Å². The second-order valence-electron chi connectivity index (χ2n) is 5.51. The Hall–Kier alpha value is -1.20. The third-order valence-electron chi connectivity index (χ3n) is 3.17. The van der Waals surface area contributed by atoms with Gasteiger partial charge in [0.1, 0.15) is 17.3 Å². The largest absolute Gasteiger partial charge is 0.383 e. The zero-order valence-electron chi connectivity index (χ0n) is 13.4. The normalized spacial score (nSPS) is 11.2. The molecule has 1 rings (SSSR count). The molecule has 0 amide bonds. The minimum absolute atomic E-state index is 0.0758. The van der Waals surface area contributed by atoms with Crippen molar-refractivity contribution in [1.82, 2.24) is 5.32 Å². The summed E-state index contributed by atoms with van der Waals surface area (Å²) in [5.41, 5.74) is 0.678. The molecule has 0 saturated carbocycles. The van der Waals surface area contributed by atoms with Crippen LogP contribution >= 0.6 is 0 Å². The van der Waals surface area contributed by atoms with Crippen molar-refractivity contribution in [3.63, 3.8) is 0 Å². The van der Waals surface area contributed by atoms with Gasteiger partial charge in [0.25, 0.3) is 0 Å². The Bertz CT molecular complexity index is 415. The molecule has 0 aromatic heterocycles. The van der Waals surface area contributed by atoms with E-state index in [1.54, 1.807) is 12.0 Å². The molecule has 120 valence electrons. The summed E-state index contributed by atoms with van der Waals surface area (Å²) in [5, 5.41) is 3.08. The Balaban J connectivity index is 2.83. The Kier molecular flexibility index (Phi) is 7.61. The van der Waals surface area contributed by atoms with Gasteiger partial charge in [-0.2, -0.15) is 0 Å². The number of benzene rings is 1. The SMILES string of the molecule is CCN(CC(C)C)c1c(F)cc(CNCCOC)cc1F. The van der Waals surface area contributed by atoms with Crippen molar-refractivity contribution in [2.45, 2.75) is 27.3 Å². The summed E-state index contributed by atoms with van der Waals surface area (Å²) in [6.45, 7) is 8.83. The summed E-state index contributed by atoms with van der Waals surface area (Å²) < 4.78 is 33.4. The fourth-order valence-corrected chi connectivity index (χ4v) is 2.25. The first-order valence-corrected chi connectivity index (χ1v) is 7.42. The standard InChI is InChI=1S/C16H26F2N2O/c1-5-20(11-12(2)3)16-14(17)8-13(9-15(16)18)10-19-6-7-21-4/h8-9,12,19H,5-7,10-11H2,1-4H3. The van der Waals surface area contributed by atoms with Crippen molar-refractivity contribution in [2.24, 2.45) is 5.92 Å². The second-order valence-corrected chi connectivity index (χ2v) is 5.51. The van der Waals surface area contributed by atoms with E-state index in [4.69, 9.17) is 4.74 Å². The van der Waals surface area contributed by atoms with Gasteiger partial charge in [-0.1, -0.05) is 13.8 Å². The van der Waals surface area contributed by atoms with Crippen LogP contribution in [-0.4, -0.2) is 33.4 Å². The van der Waals surface area contributed by atoms with Gasteiger partial charge in [0.2, 0.25) is 0 Å². The molecule has 0 radical (unpaired) electrons. The van der Waals surface area contributed by atoms with Crippen LogP contribution in [0.3, 0.4) is 0 Å². The molecule has 0 bridgehead atoms. The van der Waals surface area contributed by atoms with E-state index in [2.05, 4.69) is 5.32 Å². The molecule has 0 aliphatic heterocycles. The van der Waals surface area contributed by atoms with Crippen LogP contribution < -0.4 is 10.2 Å². The molecule has 0 fully saturated rings. The number of anilines is 1. The van der Waals surface area contributed by atoms with Crippen molar-refractivity contribution in [3.8, 4) is 0 Å². The maximum absolute atomic E-state index is 14.2. The third kappa shape index (κ3) is 5.59. The van der Waals surface area contributed by atoms with E-state index in [-0.39, 0.29) is 5.69 Å². The number of hydrogen-bond donors (Lipinski definition) is 1. The lowest BCUT2D eigenvalue weighted by atomic mass is 10.1. The Morgan fingerprint density at radius 1 is 1.24 bits per heavy atom. The van der Waals surface area contributed by atoms with Gasteiger partial charge in [-0.3, -0.25) is 0 Å². The van der Waals surface area contributed by atoms with Gasteiger partial charge >= 0.3 is 0 Å². The minimum Gasteiger partial charge on any atom is -0.383 e. The highest BCUT2D eigenvalue weighted by molar-refractivity contribution is 5.50. The molecule has 3 nitrogen and oxygen atoms in total. The van der Waals surface area contributed by atoms with Gasteiger partial charge in [-0.15, -0.1) is 0 Å². The summed E-state index contributed by atoms with van der Waals surface area (Å²) in [6, 6.07) is 2.81. The minimum atomic E-state index is -0.499. The number of hydrogen-bond acceptors (Lipinski definition) is 3. The van der Waals surface area contributed by atoms with Crippen molar-refractivity contribution >= 4 is 5.69 Å². The van der Waals surface area contributed by atoms with Crippen molar-refractivity contribution in [1.29, 1.82) is 0 Å². The topological polar surface area (TPSA) is 24.5 Å². The van der Waals surface area contributed by atoms with Gasteiger partial charge in [0.15, 0.2) is 0 Å². The molecular weight excluding hydrogens is 274 g/mol. The molecule has 1 aromatic rings. The monoisotopic (exact) mass is 300 g/mol. The van der Waals surface area contributed by atoms with Crippen molar-refractivity contribution < 1.29 is 13.5 Å². The predicted molar refractivity (Wildman–Crippen MR) is 82.7 cm³/mol. The smallest absolute Gasteiger partial charge is 0.149 e. The maximum Gasteiger partial charge on any atom is 0.149 e. The lowest BCUT2D eigenvalue weighted by Crippen LogP contribution is -2.29. The number of ether oxygens (including phenoxy) is 1. The van der Waals surface area contributed by atoms with Gasteiger partial charge in [0, 0.05) is 33.3 Å². The van der Waals surface area contributed by atoms with E-state index in [1.165, 1.54) is 12.1 Å². The van der Waals surface area contributed by atoms with E-state index < -0.39 is 11.6 Å². The molecule has 0 spiro atoms. The van der Waals surface area contributed by atoms with Crippen molar-refractivity contribution in [2.75, 3.05) is 38.3 Å². The fourth-order valence-electron chi connectivity index (χ4n) is 2.25. The summed E-state index contributed by atoms with van der Waals surface area (Å²) in [5.74, 6) is -0.652. The number of nitrogens with zero attached hydrogens (tertiary/aromatic N) is 1. The maximum atomic E-state index is 14.2. The second kappa shape index (κ2) is 8.95. The molecule has 1 aromatic carbocycles. The van der Waals surface area contributed by atoms with E-state index in [0.717, 1.165) is 0 Å². The highest BCUT2D eigenvalue weighted by atomic mass is 19.1. The van der Waals surface area contributed by atoms with E-state index in [9.17, 15) is 8.78 Å². The average Bonchev–Trinajstić information content (AvgIpc) is 2.41. The lowest BCUT2D eigenvalue weighted by Gasteiger charge is -2.26. The Morgan fingerprint density at radius 2 is 1.86 bits per heavy atom. The highest BCUT2D eigenvalue weighted by Gasteiger charge is 2.17. The zero-order valence-corrected chi connectivity index (χ0v) is 13.4. The molecule has 5 heteroatoms. The molecule has 0 heterocycles. The first-order valence-electron chi connectivity index (χ1n) is 7.42. The quantitative estimate of drug-likeness (QED) is 0.709. The number of nitrogens with one attached hydrogen (secondary N) is 1. The summed E-state index contributed by atoms with van der Waals surface area (Å²) in [4.78, 5) is 1.75. The van der Waals surface area contributed by atoms with E-state index in [0.29, 0.717) is 44.3 Å². The third-order valence-corrected chi connectivity index (χ3v) is 3.17. The summed E-state index contributed by atoms with van der Waals surface area (Å²) >= 11 is 0. The van der Waals surface area contributed by atoms with Gasteiger partial charge < -0.3 is 15.0 Å². The van der Waals surface area contributed by atoms with Crippen LogP contribution in [0.1, 0.15) is 26.3 Å². The summed E-state index contributed by atoms with van der Waals surface area (Å²) in [7, 11) is 1.61. The number of halogens is 2. The van der Waals surface area contributed by atoms with Gasteiger partial charge in [-0.05, 0) is 30.5 Å². The first-order chi connectivity index (χ1) is 9.99. The molecule has 1 N–H and O–H groups in total. The lowest BCUT2D eigenvalue weighted by molar-refractivity contribution is 0.199. The molecular formula is C16H26F2N2O. The van der Waals surface area contributed by atoms with Gasteiger partial charge in [0.05, 0.1) is 6.61 Å². The molecule has 0 aliphatic rings. The number of methoxy groups -OCH3 is 1. The highest BCUT2D eigenvalue weighted by Crippen LogP contribution is 2.25. The molecule has 0 saturated heterocycles. The molecule has 21 heavy (non-hydrogen) atoms. The van der Waals surface area contributed by atoms with Crippen LogP contribution in [0.5, 0.6) is 0 Å². The van der Waals surface area contributed by atoms with Crippen LogP contribution in [0.2, 0.25) is 0 Å². The number of rotatable bonds is 9. The van der Waals surface area contributed by atoms with Crippen LogP contribution in [0, 0.1) is 17.6 Å². The molecule has 0 atom stereocenters. The Morgan fingerprint density at radius 3 is 2.33 bits per heavy atom. The van der Waals surface area contributed by atoms with Crippen LogP contribution in [0.25, 0.3) is 0 Å². The van der Waals surface area contributed by atoms with Crippen LogP contribution in [0.4, 0.5) is 14.5 Å². The van der Waals surface area contributed by atoms with E-state index in [1.807, 2.05) is 20.8 Å². The zero-order chi connectivity index (χ0) is 15.8. The average molecular weight is 300 g/mol. The predicted octanol–water partition coefficient (Wildman–Crippen LogP) is 3.18. The van der Waals surface area contributed by atoms with Gasteiger partial charge in [-0.25, -0.2) is 8.78 Å². The Labute approximate surface area is 126 Å². The van der Waals surface area contributed by atoms with Crippen LogP contribution in [-0.2, 0) is 11.3 Å². The first kappa shape index (κ1) is 17.9.